The summed E-state index contributed by atoms with van der Waals surface area (Å²) in [5.41, 5.74) is 2.85. The number of likely N-dealkylation sites (N-methyl/N-ethyl adjacent to an activating group) is 1. The number of carbonyl (C=O) groups is 2. The van der Waals surface area contributed by atoms with Gasteiger partial charge >= 0.3 is 12.1 Å². The molecule has 2 aromatic rings. The van der Waals surface area contributed by atoms with Gasteiger partial charge in [0.25, 0.3) is 0 Å². The smallest absolute Gasteiger partial charge is 0.410 e. The summed E-state index contributed by atoms with van der Waals surface area (Å²) >= 11 is 0. The Kier molecular flexibility index (Phi) is 5.95. The second-order valence-electron chi connectivity index (χ2n) is 5.64. The van der Waals surface area contributed by atoms with Crippen LogP contribution in [0.15, 0.2) is 48.5 Å². The molecular weight excluding hydrogens is 306 g/mol. The van der Waals surface area contributed by atoms with E-state index in [1.807, 2.05) is 56.3 Å². The van der Waals surface area contributed by atoms with Gasteiger partial charge in [-0.05, 0) is 31.0 Å². The Labute approximate surface area is 141 Å². The van der Waals surface area contributed by atoms with E-state index in [0.29, 0.717) is 5.75 Å². The van der Waals surface area contributed by atoms with Gasteiger partial charge in [0, 0.05) is 7.05 Å². The molecule has 5 nitrogen and oxygen atoms in total. The van der Waals surface area contributed by atoms with E-state index in [1.54, 1.807) is 6.07 Å². The predicted molar refractivity (Wildman–Crippen MR) is 90.8 cm³/mol. The first kappa shape index (κ1) is 17.5. The molecule has 0 spiro atoms. The number of benzene rings is 2. The maximum absolute atomic E-state index is 12.0. The highest BCUT2D eigenvalue weighted by Crippen LogP contribution is 2.18. The van der Waals surface area contributed by atoms with E-state index in [9.17, 15) is 9.59 Å². The van der Waals surface area contributed by atoms with Crippen molar-refractivity contribution in [2.75, 3.05) is 13.6 Å². The van der Waals surface area contributed by atoms with Crippen molar-refractivity contribution < 1.29 is 19.1 Å². The molecule has 0 aliphatic rings. The second-order valence-corrected chi connectivity index (χ2v) is 5.64. The third-order valence-corrected chi connectivity index (χ3v) is 3.44. The highest BCUT2D eigenvalue weighted by Gasteiger charge is 2.16. The summed E-state index contributed by atoms with van der Waals surface area (Å²) in [6, 6.07) is 14.9. The van der Waals surface area contributed by atoms with E-state index in [1.165, 1.54) is 11.9 Å². The average molecular weight is 327 g/mol. The van der Waals surface area contributed by atoms with Crippen molar-refractivity contribution in [1.29, 1.82) is 0 Å². The van der Waals surface area contributed by atoms with Crippen LogP contribution in [-0.4, -0.2) is 30.6 Å². The van der Waals surface area contributed by atoms with Gasteiger partial charge in [0.15, 0.2) is 0 Å². The highest BCUT2D eigenvalue weighted by molar-refractivity contribution is 5.79. The number of carbonyl (C=O) groups excluding carboxylic acids is 2. The van der Waals surface area contributed by atoms with Crippen LogP contribution in [0, 0.1) is 13.8 Å². The molecule has 2 aromatic carbocycles. The fourth-order valence-electron chi connectivity index (χ4n) is 2.16. The minimum atomic E-state index is -0.573. The van der Waals surface area contributed by atoms with E-state index in [4.69, 9.17) is 9.47 Å². The lowest BCUT2D eigenvalue weighted by atomic mass is 10.1. The number of hydrogen-bond acceptors (Lipinski definition) is 4. The fourth-order valence-corrected chi connectivity index (χ4v) is 2.16. The molecule has 2 rings (SSSR count). The molecule has 0 saturated heterocycles. The molecule has 0 atom stereocenters. The summed E-state index contributed by atoms with van der Waals surface area (Å²) in [4.78, 5) is 25.1. The lowest BCUT2D eigenvalue weighted by Crippen LogP contribution is -2.34. The quantitative estimate of drug-likeness (QED) is 0.623. The van der Waals surface area contributed by atoms with Crippen molar-refractivity contribution in [3.63, 3.8) is 0 Å². The van der Waals surface area contributed by atoms with E-state index in [-0.39, 0.29) is 13.2 Å². The third-order valence-electron chi connectivity index (χ3n) is 3.44. The Morgan fingerprint density at radius 2 is 1.75 bits per heavy atom. The lowest BCUT2D eigenvalue weighted by molar-refractivity contribution is -0.135. The minimum Gasteiger partial charge on any atom is -0.445 e. The molecule has 0 bridgehead atoms. The number of aryl methyl sites for hydroxylation is 2. The Morgan fingerprint density at radius 3 is 2.42 bits per heavy atom. The number of amides is 1. The zero-order chi connectivity index (χ0) is 17.5. The van der Waals surface area contributed by atoms with Crippen LogP contribution in [0.2, 0.25) is 0 Å². The first-order chi connectivity index (χ1) is 11.5. The van der Waals surface area contributed by atoms with Crippen molar-refractivity contribution in [3.05, 3.63) is 65.2 Å². The van der Waals surface area contributed by atoms with E-state index < -0.39 is 12.1 Å². The van der Waals surface area contributed by atoms with Crippen molar-refractivity contribution >= 4 is 12.1 Å². The van der Waals surface area contributed by atoms with Crippen LogP contribution >= 0.6 is 0 Å². The summed E-state index contributed by atoms with van der Waals surface area (Å²) < 4.78 is 10.5. The molecule has 0 saturated carbocycles. The maximum Gasteiger partial charge on any atom is 0.410 e. The molecular formula is C19H21NO4. The van der Waals surface area contributed by atoms with Crippen LogP contribution in [0.5, 0.6) is 5.75 Å². The standard InChI is InChI=1S/C19H21NO4/c1-14-9-10-17(15(2)11-14)24-18(21)12-20(3)19(22)23-13-16-7-5-4-6-8-16/h4-11H,12-13H2,1-3H3. The molecule has 0 N–H and O–H groups in total. The van der Waals surface area contributed by atoms with Crippen LogP contribution in [0.3, 0.4) is 0 Å². The lowest BCUT2D eigenvalue weighted by Gasteiger charge is -2.16. The van der Waals surface area contributed by atoms with Crippen molar-refractivity contribution in [3.8, 4) is 5.75 Å². The Balaban J connectivity index is 1.83. The monoisotopic (exact) mass is 327 g/mol. The van der Waals surface area contributed by atoms with E-state index >= 15 is 0 Å². The fraction of sp³-hybridized carbons (Fsp3) is 0.263. The van der Waals surface area contributed by atoms with Gasteiger partial charge < -0.3 is 14.4 Å². The molecule has 0 unspecified atom stereocenters. The number of rotatable bonds is 5. The van der Waals surface area contributed by atoms with Crippen molar-refractivity contribution in [2.45, 2.75) is 20.5 Å². The largest absolute Gasteiger partial charge is 0.445 e. The molecule has 0 aliphatic heterocycles. The summed E-state index contributed by atoms with van der Waals surface area (Å²) in [6.45, 7) is 3.82. The van der Waals surface area contributed by atoms with Crippen LogP contribution in [0.4, 0.5) is 4.79 Å². The van der Waals surface area contributed by atoms with Gasteiger partial charge in [0.1, 0.15) is 18.9 Å². The molecule has 126 valence electrons. The topological polar surface area (TPSA) is 55.8 Å². The molecule has 0 fully saturated rings. The van der Waals surface area contributed by atoms with Gasteiger partial charge in [0.2, 0.25) is 0 Å². The Morgan fingerprint density at radius 1 is 1.04 bits per heavy atom. The SMILES string of the molecule is Cc1ccc(OC(=O)CN(C)C(=O)OCc2ccccc2)c(C)c1. The van der Waals surface area contributed by atoms with E-state index in [0.717, 1.165) is 16.7 Å². The molecule has 5 heteroatoms. The first-order valence-corrected chi connectivity index (χ1v) is 7.65. The van der Waals surface area contributed by atoms with Crippen LogP contribution in [0.1, 0.15) is 16.7 Å². The molecule has 0 heterocycles. The molecule has 0 radical (unpaired) electrons. The number of nitrogens with zero attached hydrogens (tertiary/aromatic N) is 1. The van der Waals surface area contributed by atoms with Crippen molar-refractivity contribution in [1.82, 2.24) is 4.90 Å². The van der Waals surface area contributed by atoms with Crippen LogP contribution < -0.4 is 4.74 Å². The number of hydrogen-bond donors (Lipinski definition) is 0. The average Bonchev–Trinajstić information content (AvgIpc) is 2.56. The summed E-state index contributed by atoms with van der Waals surface area (Å²) in [7, 11) is 1.50. The zero-order valence-corrected chi connectivity index (χ0v) is 14.1. The summed E-state index contributed by atoms with van der Waals surface area (Å²) in [5, 5.41) is 0. The first-order valence-electron chi connectivity index (χ1n) is 7.65. The van der Waals surface area contributed by atoms with Gasteiger partial charge in [-0.3, -0.25) is 0 Å². The number of esters is 1. The number of ether oxygens (including phenoxy) is 2. The van der Waals surface area contributed by atoms with E-state index in [2.05, 4.69) is 0 Å². The highest BCUT2D eigenvalue weighted by atomic mass is 16.6. The van der Waals surface area contributed by atoms with Crippen LogP contribution in [-0.2, 0) is 16.1 Å². The summed E-state index contributed by atoms with van der Waals surface area (Å²) in [6.07, 6.45) is -0.573. The third kappa shape index (κ3) is 5.12. The predicted octanol–water partition coefficient (Wildman–Crippen LogP) is 3.48. The molecule has 24 heavy (non-hydrogen) atoms. The Bertz CT molecular complexity index is 713. The molecule has 0 aromatic heterocycles. The second kappa shape index (κ2) is 8.15. The molecule has 0 aliphatic carbocycles. The van der Waals surface area contributed by atoms with Gasteiger partial charge in [-0.2, -0.15) is 0 Å². The van der Waals surface area contributed by atoms with Crippen LogP contribution in [0.25, 0.3) is 0 Å². The summed E-state index contributed by atoms with van der Waals surface area (Å²) in [5.74, 6) is -0.0160. The van der Waals surface area contributed by atoms with Gasteiger partial charge in [-0.15, -0.1) is 0 Å². The minimum absolute atomic E-state index is 0.163. The van der Waals surface area contributed by atoms with Gasteiger partial charge in [0.05, 0.1) is 0 Å². The molecule has 1 amide bonds. The maximum atomic E-state index is 12.0. The zero-order valence-electron chi connectivity index (χ0n) is 14.1. The van der Waals surface area contributed by atoms with Crippen molar-refractivity contribution in [2.24, 2.45) is 0 Å². The van der Waals surface area contributed by atoms with Gasteiger partial charge in [-0.25, -0.2) is 9.59 Å². The Hall–Kier alpha value is -2.82. The van der Waals surface area contributed by atoms with Gasteiger partial charge in [-0.1, -0.05) is 48.0 Å². The normalized spacial score (nSPS) is 10.1.